The van der Waals surface area contributed by atoms with Gasteiger partial charge < -0.3 is 25.2 Å². The van der Waals surface area contributed by atoms with Gasteiger partial charge in [0.05, 0.1) is 26.2 Å². The number of rotatable bonds is 10. The van der Waals surface area contributed by atoms with Crippen LogP contribution in [0.2, 0.25) is 0 Å². The Bertz CT molecular complexity index is 529. The van der Waals surface area contributed by atoms with Crippen molar-refractivity contribution >= 4 is 23.5 Å². The lowest BCUT2D eigenvalue weighted by molar-refractivity contribution is -0.135. The Morgan fingerprint density at radius 2 is 1.78 bits per heavy atom. The molecule has 8 heteroatoms. The van der Waals surface area contributed by atoms with Crippen molar-refractivity contribution in [2.75, 3.05) is 38.8 Å². The Balaban J connectivity index is 2.37. The molecule has 3 N–H and O–H groups in total. The number of methoxy groups -OCH3 is 1. The number of anilines is 1. The van der Waals surface area contributed by atoms with E-state index in [-0.39, 0.29) is 12.3 Å². The molecule has 0 heterocycles. The third-order valence-electron chi connectivity index (χ3n) is 2.74. The molecule has 1 aromatic rings. The van der Waals surface area contributed by atoms with Gasteiger partial charge in [-0.25, -0.2) is 0 Å². The SMILES string of the molecule is COCCOCCC(=O)Nc1ccc(C(=O)NCC(=O)O)cc1. The molecule has 2 amide bonds. The van der Waals surface area contributed by atoms with Crippen LogP contribution < -0.4 is 10.6 Å². The second-order valence-corrected chi connectivity index (χ2v) is 4.56. The first kappa shape index (κ1) is 18.6. The van der Waals surface area contributed by atoms with Gasteiger partial charge in [-0.15, -0.1) is 0 Å². The van der Waals surface area contributed by atoms with Crippen molar-refractivity contribution in [3.05, 3.63) is 29.8 Å². The molecule has 23 heavy (non-hydrogen) atoms. The highest BCUT2D eigenvalue weighted by molar-refractivity contribution is 5.97. The Morgan fingerprint density at radius 1 is 1.09 bits per heavy atom. The number of carbonyl (C=O) groups is 3. The Hall–Kier alpha value is -2.45. The molecule has 0 bridgehead atoms. The molecular formula is C15H20N2O6. The number of carboxylic acid groups (broad SMARTS) is 1. The van der Waals surface area contributed by atoms with E-state index in [9.17, 15) is 14.4 Å². The zero-order valence-electron chi connectivity index (χ0n) is 12.8. The maximum absolute atomic E-state index is 11.7. The molecule has 0 fully saturated rings. The predicted octanol–water partition coefficient (Wildman–Crippen LogP) is 0.493. The van der Waals surface area contributed by atoms with Crippen molar-refractivity contribution < 1.29 is 29.0 Å². The highest BCUT2D eigenvalue weighted by atomic mass is 16.5. The zero-order valence-corrected chi connectivity index (χ0v) is 12.8. The van der Waals surface area contributed by atoms with Gasteiger partial charge in [0.2, 0.25) is 5.91 Å². The van der Waals surface area contributed by atoms with Crippen molar-refractivity contribution in [2.24, 2.45) is 0 Å². The van der Waals surface area contributed by atoms with Crippen molar-refractivity contribution in [1.29, 1.82) is 0 Å². The van der Waals surface area contributed by atoms with Crippen LogP contribution in [0, 0.1) is 0 Å². The van der Waals surface area contributed by atoms with Crippen molar-refractivity contribution in [3.63, 3.8) is 0 Å². The van der Waals surface area contributed by atoms with Crippen LogP contribution in [0.5, 0.6) is 0 Å². The van der Waals surface area contributed by atoms with Gasteiger partial charge in [0.25, 0.3) is 5.91 Å². The zero-order chi connectivity index (χ0) is 17.1. The van der Waals surface area contributed by atoms with Gasteiger partial charge in [0.1, 0.15) is 6.54 Å². The minimum atomic E-state index is -1.12. The third-order valence-corrected chi connectivity index (χ3v) is 2.74. The molecule has 126 valence electrons. The number of hydrogen-bond acceptors (Lipinski definition) is 5. The largest absolute Gasteiger partial charge is 0.480 e. The summed E-state index contributed by atoms with van der Waals surface area (Å²) in [6, 6.07) is 6.14. The number of aliphatic carboxylic acids is 1. The molecule has 0 aliphatic rings. The second-order valence-electron chi connectivity index (χ2n) is 4.56. The van der Waals surface area contributed by atoms with Crippen molar-refractivity contribution in [2.45, 2.75) is 6.42 Å². The van der Waals surface area contributed by atoms with Gasteiger partial charge in [-0.3, -0.25) is 14.4 Å². The fourth-order valence-corrected chi connectivity index (χ4v) is 1.60. The number of ether oxygens (including phenoxy) is 2. The molecule has 0 aromatic heterocycles. The lowest BCUT2D eigenvalue weighted by atomic mass is 10.2. The summed E-state index contributed by atoms with van der Waals surface area (Å²) in [5.74, 6) is -1.81. The van der Waals surface area contributed by atoms with Crippen LogP contribution in [0.15, 0.2) is 24.3 Å². The Kier molecular flexibility index (Phi) is 8.33. The maximum atomic E-state index is 11.7. The minimum Gasteiger partial charge on any atom is -0.480 e. The molecule has 0 saturated heterocycles. The van der Waals surface area contributed by atoms with Crippen LogP contribution in [-0.2, 0) is 19.1 Å². The topological polar surface area (TPSA) is 114 Å². The molecule has 0 atom stereocenters. The smallest absolute Gasteiger partial charge is 0.322 e. The summed E-state index contributed by atoms with van der Waals surface area (Å²) in [7, 11) is 1.57. The molecule has 0 unspecified atom stereocenters. The lowest BCUT2D eigenvalue weighted by Gasteiger charge is -2.07. The van der Waals surface area contributed by atoms with E-state index in [2.05, 4.69) is 10.6 Å². The van der Waals surface area contributed by atoms with Crippen LogP contribution in [0.25, 0.3) is 0 Å². The van der Waals surface area contributed by atoms with E-state index in [1.54, 1.807) is 19.2 Å². The standard InChI is InChI=1S/C15H20N2O6/c1-22-8-9-23-7-6-13(18)17-12-4-2-11(3-5-12)15(21)16-10-14(19)20/h2-5H,6-10H2,1H3,(H,16,21)(H,17,18)(H,19,20). The van der Waals surface area contributed by atoms with Gasteiger partial charge in [-0.1, -0.05) is 0 Å². The van der Waals surface area contributed by atoms with Gasteiger partial charge >= 0.3 is 5.97 Å². The summed E-state index contributed by atoms with van der Waals surface area (Å²) in [6.07, 6.45) is 0.213. The third kappa shape index (κ3) is 7.93. The van der Waals surface area contributed by atoms with E-state index in [1.807, 2.05) is 0 Å². The molecule has 0 spiro atoms. The van der Waals surface area contributed by atoms with Crippen LogP contribution in [0.1, 0.15) is 16.8 Å². The highest BCUT2D eigenvalue weighted by Crippen LogP contribution is 2.10. The molecular weight excluding hydrogens is 304 g/mol. The normalized spacial score (nSPS) is 10.1. The summed E-state index contributed by atoms with van der Waals surface area (Å²) >= 11 is 0. The number of carbonyl (C=O) groups excluding carboxylic acids is 2. The number of hydrogen-bond donors (Lipinski definition) is 3. The fourth-order valence-electron chi connectivity index (χ4n) is 1.60. The molecule has 8 nitrogen and oxygen atoms in total. The fraction of sp³-hybridized carbons (Fsp3) is 0.400. The van der Waals surface area contributed by atoms with Crippen LogP contribution in [0.4, 0.5) is 5.69 Å². The van der Waals surface area contributed by atoms with E-state index in [0.29, 0.717) is 31.1 Å². The quantitative estimate of drug-likeness (QED) is 0.540. The van der Waals surface area contributed by atoms with Crippen molar-refractivity contribution in [3.8, 4) is 0 Å². The minimum absolute atomic E-state index is 0.203. The van der Waals surface area contributed by atoms with Crippen LogP contribution in [-0.4, -0.2) is 56.4 Å². The monoisotopic (exact) mass is 324 g/mol. The first-order valence-electron chi connectivity index (χ1n) is 6.99. The summed E-state index contributed by atoms with van der Waals surface area (Å²) in [5.41, 5.74) is 0.855. The maximum Gasteiger partial charge on any atom is 0.322 e. The van der Waals surface area contributed by atoms with Crippen LogP contribution >= 0.6 is 0 Å². The molecule has 0 radical (unpaired) electrons. The average Bonchev–Trinajstić information content (AvgIpc) is 2.53. The summed E-state index contributed by atoms with van der Waals surface area (Å²) in [4.78, 5) is 33.7. The predicted molar refractivity (Wildman–Crippen MR) is 82.4 cm³/mol. The van der Waals surface area contributed by atoms with Crippen molar-refractivity contribution in [1.82, 2.24) is 5.32 Å². The molecule has 0 aliphatic carbocycles. The highest BCUT2D eigenvalue weighted by Gasteiger charge is 2.08. The van der Waals surface area contributed by atoms with E-state index < -0.39 is 18.4 Å². The second kappa shape index (κ2) is 10.3. The lowest BCUT2D eigenvalue weighted by Crippen LogP contribution is -2.29. The molecule has 1 aromatic carbocycles. The first-order chi connectivity index (χ1) is 11.0. The van der Waals surface area contributed by atoms with E-state index in [4.69, 9.17) is 14.6 Å². The molecule has 1 rings (SSSR count). The number of carboxylic acids is 1. The number of amides is 2. The Morgan fingerprint density at radius 3 is 2.39 bits per heavy atom. The van der Waals surface area contributed by atoms with Gasteiger partial charge in [0, 0.05) is 18.4 Å². The number of nitrogens with one attached hydrogen (secondary N) is 2. The van der Waals surface area contributed by atoms with E-state index in [1.165, 1.54) is 12.1 Å². The van der Waals surface area contributed by atoms with E-state index in [0.717, 1.165) is 0 Å². The summed E-state index contributed by atoms with van der Waals surface area (Å²) in [6.45, 7) is 0.766. The number of benzene rings is 1. The molecule has 0 aliphatic heterocycles. The van der Waals surface area contributed by atoms with Gasteiger partial charge in [-0.05, 0) is 24.3 Å². The first-order valence-corrected chi connectivity index (χ1v) is 6.99. The summed E-state index contributed by atoms with van der Waals surface area (Å²) < 4.78 is 10.0. The van der Waals surface area contributed by atoms with Gasteiger partial charge in [-0.2, -0.15) is 0 Å². The Labute approximate surface area is 133 Å². The van der Waals surface area contributed by atoms with Crippen LogP contribution in [0.3, 0.4) is 0 Å². The molecule has 0 saturated carbocycles. The van der Waals surface area contributed by atoms with Gasteiger partial charge in [0.15, 0.2) is 0 Å². The average molecular weight is 324 g/mol. The summed E-state index contributed by atoms with van der Waals surface area (Å²) in [5, 5.41) is 13.4. The van der Waals surface area contributed by atoms with E-state index >= 15 is 0 Å².